The largest absolute Gasteiger partial charge is 0.497 e. The van der Waals surface area contributed by atoms with Gasteiger partial charge in [-0.2, -0.15) is 0 Å². The van der Waals surface area contributed by atoms with Crippen molar-refractivity contribution in [1.29, 1.82) is 0 Å². The van der Waals surface area contributed by atoms with Crippen LogP contribution in [0.4, 0.5) is 0 Å². The van der Waals surface area contributed by atoms with E-state index in [9.17, 15) is 4.79 Å². The van der Waals surface area contributed by atoms with E-state index in [0.717, 1.165) is 22.1 Å². The number of esters is 1. The molecule has 0 atom stereocenters. The van der Waals surface area contributed by atoms with Gasteiger partial charge in [-0.1, -0.05) is 18.2 Å². The lowest BCUT2D eigenvalue weighted by molar-refractivity contribution is -0.148. The van der Waals surface area contributed by atoms with Crippen molar-refractivity contribution in [2.24, 2.45) is 0 Å². The van der Waals surface area contributed by atoms with Crippen LogP contribution in [0.3, 0.4) is 0 Å². The van der Waals surface area contributed by atoms with Crippen molar-refractivity contribution in [2.75, 3.05) is 7.11 Å². The smallest absolute Gasteiger partial charge is 0.331 e. The molecule has 0 unspecified atom stereocenters. The molecule has 3 nitrogen and oxygen atoms in total. The summed E-state index contributed by atoms with van der Waals surface area (Å²) in [6.45, 7) is 5.55. The van der Waals surface area contributed by atoms with E-state index in [1.165, 1.54) is 6.08 Å². The molecule has 0 heterocycles. The lowest BCUT2D eigenvalue weighted by atomic mass is 10.1. The fourth-order valence-corrected chi connectivity index (χ4v) is 1.97. The Hall–Kier alpha value is -2.29. The Morgan fingerprint density at radius 1 is 1.05 bits per heavy atom. The molecule has 0 saturated heterocycles. The molecule has 0 aliphatic heterocycles. The Balaban J connectivity index is 2.18. The van der Waals surface area contributed by atoms with Crippen molar-refractivity contribution in [3.63, 3.8) is 0 Å². The second-order valence-electron chi connectivity index (χ2n) is 5.84. The lowest BCUT2D eigenvalue weighted by Gasteiger charge is -2.17. The van der Waals surface area contributed by atoms with Gasteiger partial charge in [0.05, 0.1) is 7.11 Å². The van der Waals surface area contributed by atoms with E-state index in [2.05, 4.69) is 0 Å². The second kappa shape index (κ2) is 6.00. The van der Waals surface area contributed by atoms with Crippen molar-refractivity contribution in [2.45, 2.75) is 26.4 Å². The summed E-state index contributed by atoms with van der Waals surface area (Å²) in [6.07, 6.45) is 3.22. The highest BCUT2D eigenvalue weighted by Gasteiger charge is 2.13. The number of methoxy groups -OCH3 is 1. The number of rotatable bonds is 3. The van der Waals surface area contributed by atoms with Gasteiger partial charge < -0.3 is 9.47 Å². The van der Waals surface area contributed by atoms with Gasteiger partial charge in [-0.05, 0) is 61.4 Å². The molecule has 2 aromatic carbocycles. The van der Waals surface area contributed by atoms with E-state index in [4.69, 9.17) is 9.47 Å². The fraction of sp³-hybridized carbons (Fsp3) is 0.278. The number of carbonyl (C=O) groups excluding carboxylic acids is 1. The van der Waals surface area contributed by atoms with Crippen molar-refractivity contribution >= 4 is 22.8 Å². The average molecular weight is 284 g/mol. The summed E-state index contributed by atoms with van der Waals surface area (Å²) in [5.41, 5.74) is 0.486. The average Bonchev–Trinajstić information content (AvgIpc) is 2.42. The van der Waals surface area contributed by atoms with Gasteiger partial charge in [0, 0.05) is 6.08 Å². The van der Waals surface area contributed by atoms with Crippen LogP contribution in [0.25, 0.3) is 16.8 Å². The summed E-state index contributed by atoms with van der Waals surface area (Å²) < 4.78 is 10.4. The van der Waals surface area contributed by atoms with E-state index in [1.807, 2.05) is 57.2 Å². The summed E-state index contributed by atoms with van der Waals surface area (Å²) in [6, 6.07) is 11.9. The highest BCUT2D eigenvalue weighted by Crippen LogP contribution is 2.22. The number of carbonyl (C=O) groups is 1. The standard InChI is InChI=1S/C18H20O3/c1-18(2,3)21-17(19)10-6-13-5-7-15-12-16(20-4)9-8-14(15)11-13/h5-12H,1-4H3/b10-6+. The van der Waals surface area contributed by atoms with Gasteiger partial charge in [0.15, 0.2) is 0 Å². The minimum Gasteiger partial charge on any atom is -0.497 e. The molecule has 0 aliphatic carbocycles. The van der Waals surface area contributed by atoms with Crippen LogP contribution in [0.5, 0.6) is 5.75 Å². The number of hydrogen-bond acceptors (Lipinski definition) is 3. The lowest BCUT2D eigenvalue weighted by Crippen LogP contribution is -2.22. The van der Waals surface area contributed by atoms with Gasteiger partial charge in [-0.3, -0.25) is 0 Å². The van der Waals surface area contributed by atoms with Crippen LogP contribution >= 0.6 is 0 Å². The van der Waals surface area contributed by atoms with Crippen LogP contribution in [-0.2, 0) is 9.53 Å². The number of hydrogen-bond donors (Lipinski definition) is 0. The van der Waals surface area contributed by atoms with Gasteiger partial charge >= 0.3 is 5.97 Å². The van der Waals surface area contributed by atoms with Crippen LogP contribution in [0.2, 0.25) is 0 Å². The molecule has 2 rings (SSSR count). The molecule has 0 radical (unpaired) electrons. The van der Waals surface area contributed by atoms with Crippen LogP contribution in [0.15, 0.2) is 42.5 Å². The van der Waals surface area contributed by atoms with Crippen LogP contribution in [0.1, 0.15) is 26.3 Å². The van der Waals surface area contributed by atoms with E-state index in [-0.39, 0.29) is 5.97 Å². The summed E-state index contributed by atoms with van der Waals surface area (Å²) in [4.78, 5) is 11.7. The zero-order valence-corrected chi connectivity index (χ0v) is 12.8. The van der Waals surface area contributed by atoms with Crippen molar-refractivity contribution < 1.29 is 14.3 Å². The fourth-order valence-electron chi connectivity index (χ4n) is 1.97. The molecule has 0 spiro atoms. The first kappa shape index (κ1) is 15.1. The van der Waals surface area contributed by atoms with Gasteiger partial charge in [0.2, 0.25) is 0 Å². The van der Waals surface area contributed by atoms with E-state index in [1.54, 1.807) is 13.2 Å². The first-order valence-electron chi connectivity index (χ1n) is 6.86. The van der Waals surface area contributed by atoms with Gasteiger partial charge in [0.1, 0.15) is 11.4 Å². The van der Waals surface area contributed by atoms with Gasteiger partial charge in [0.25, 0.3) is 0 Å². The van der Waals surface area contributed by atoms with Crippen LogP contribution < -0.4 is 4.74 Å². The molecule has 0 N–H and O–H groups in total. The highest BCUT2D eigenvalue weighted by atomic mass is 16.6. The van der Waals surface area contributed by atoms with Gasteiger partial charge in [-0.15, -0.1) is 0 Å². The summed E-state index contributed by atoms with van der Waals surface area (Å²) in [7, 11) is 1.65. The monoisotopic (exact) mass is 284 g/mol. The molecule has 0 fully saturated rings. The molecule has 0 amide bonds. The molecule has 3 heteroatoms. The summed E-state index contributed by atoms with van der Waals surface area (Å²) >= 11 is 0. The zero-order chi connectivity index (χ0) is 15.5. The Bertz CT molecular complexity index is 678. The molecular weight excluding hydrogens is 264 g/mol. The molecular formula is C18H20O3. The Kier molecular flexibility index (Phi) is 4.32. The van der Waals surface area contributed by atoms with Crippen molar-refractivity contribution in [3.05, 3.63) is 48.0 Å². The normalized spacial score (nSPS) is 11.8. The Labute approximate surface area is 125 Å². The third-order valence-corrected chi connectivity index (χ3v) is 2.89. The predicted molar refractivity (Wildman–Crippen MR) is 85.4 cm³/mol. The number of ether oxygens (including phenoxy) is 2. The van der Waals surface area contributed by atoms with Crippen molar-refractivity contribution in [3.8, 4) is 5.75 Å². The SMILES string of the molecule is COc1ccc2cc(/C=C/C(=O)OC(C)(C)C)ccc2c1. The first-order chi connectivity index (χ1) is 9.87. The van der Waals surface area contributed by atoms with E-state index in [0.29, 0.717) is 0 Å². The maximum atomic E-state index is 11.7. The number of fused-ring (bicyclic) bond motifs is 1. The third kappa shape index (κ3) is 4.35. The molecule has 0 aromatic heterocycles. The molecule has 110 valence electrons. The van der Waals surface area contributed by atoms with E-state index < -0.39 is 5.60 Å². The zero-order valence-electron chi connectivity index (χ0n) is 12.8. The molecule has 0 bridgehead atoms. The van der Waals surface area contributed by atoms with E-state index >= 15 is 0 Å². The van der Waals surface area contributed by atoms with Crippen LogP contribution in [-0.4, -0.2) is 18.7 Å². The van der Waals surface area contributed by atoms with Crippen LogP contribution in [0, 0.1) is 0 Å². The Morgan fingerprint density at radius 2 is 1.71 bits per heavy atom. The number of benzene rings is 2. The van der Waals surface area contributed by atoms with Crippen molar-refractivity contribution in [1.82, 2.24) is 0 Å². The quantitative estimate of drug-likeness (QED) is 0.626. The topological polar surface area (TPSA) is 35.5 Å². The molecule has 0 aliphatic rings. The molecule has 0 saturated carbocycles. The van der Waals surface area contributed by atoms with Gasteiger partial charge in [-0.25, -0.2) is 4.79 Å². The third-order valence-electron chi connectivity index (χ3n) is 2.89. The first-order valence-corrected chi connectivity index (χ1v) is 6.86. The predicted octanol–water partition coefficient (Wildman–Crippen LogP) is 4.20. The second-order valence-corrected chi connectivity index (χ2v) is 5.84. The Morgan fingerprint density at radius 3 is 2.38 bits per heavy atom. The molecule has 21 heavy (non-hydrogen) atoms. The summed E-state index contributed by atoms with van der Waals surface area (Å²) in [5.74, 6) is 0.497. The highest BCUT2D eigenvalue weighted by molar-refractivity contribution is 5.90. The minimum atomic E-state index is -0.471. The minimum absolute atomic E-state index is 0.336. The maximum Gasteiger partial charge on any atom is 0.331 e. The summed E-state index contributed by atoms with van der Waals surface area (Å²) in [5, 5.41) is 2.20. The molecule has 2 aromatic rings. The maximum absolute atomic E-state index is 11.7.